The van der Waals surface area contributed by atoms with Crippen LogP contribution in [0, 0.1) is 6.92 Å². The lowest BCUT2D eigenvalue weighted by Gasteiger charge is -2.07. The van der Waals surface area contributed by atoms with Gasteiger partial charge in [0.1, 0.15) is 17.0 Å². The maximum atomic E-state index is 12.6. The zero-order valence-electron chi connectivity index (χ0n) is 12.1. The monoisotopic (exact) mass is 346 g/mol. The normalized spacial score (nSPS) is 10.6. The average Bonchev–Trinajstić information content (AvgIpc) is 2.89. The molecule has 0 radical (unpaired) electrons. The Kier molecular flexibility index (Phi) is 4.37. The fourth-order valence-corrected chi connectivity index (χ4v) is 2.65. The number of nitrogens with one attached hydrogen (secondary N) is 1. The molecule has 0 aliphatic heterocycles. The summed E-state index contributed by atoms with van der Waals surface area (Å²) in [5.74, 6) is 0.0837. The van der Waals surface area contributed by atoms with Gasteiger partial charge in [-0.25, -0.2) is 0 Å². The Hall–Kier alpha value is -2.30. The van der Waals surface area contributed by atoms with Crippen molar-refractivity contribution < 1.29 is 9.32 Å². The predicted octanol–water partition coefficient (Wildman–Crippen LogP) is 5.21. The van der Waals surface area contributed by atoms with E-state index in [2.05, 4.69) is 10.5 Å². The molecule has 0 spiro atoms. The van der Waals surface area contributed by atoms with Gasteiger partial charge in [0.25, 0.3) is 5.91 Å². The highest BCUT2D eigenvalue weighted by atomic mass is 35.5. The number of halogens is 2. The average molecular weight is 347 g/mol. The lowest BCUT2D eigenvalue weighted by molar-refractivity contribution is 0.102. The first-order valence-corrected chi connectivity index (χ1v) is 7.60. The van der Waals surface area contributed by atoms with Gasteiger partial charge in [-0.1, -0.05) is 52.6 Å². The lowest BCUT2D eigenvalue weighted by Crippen LogP contribution is -2.13. The molecule has 0 saturated carbocycles. The van der Waals surface area contributed by atoms with Crippen molar-refractivity contribution in [1.29, 1.82) is 0 Å². The molecule has 0 atom stereocenters. The Bertz CT molecular complexity index is 875. The molecule has 1 N–H and O–H groups in total. The topological polar surface area (TPSA) is 55.1 Å². The molecule has 1 heterocycles. The first-order valence-electron chi connectivity index (χ1n) is 6.84. The summed E-state index contributed by atoms with van der Waals surface area (Å²) < 4.78 is 5.19. The van der Waals surface area contributed by atoms with Crippen LogP contribution in [0.5, 0.6) is 0 Å². The fourth-order valence-electron chi connectivity index (χ4n) is 2.24. The van der Waals surface area contributed by atoms with Gasteiger partial charge in [-0.15, -0.1) is 0 Å². The van der Waals surface area contributed by atoms with E-state index in [1.807, 2.05) is 12.1 Å². The molecule has 0 bridgehead atoms. The smallest absolute Gasteiger partial charge is 0.261 e. The molecule has 0 aliphatic carbocycles. The number of aromatic nitrogens is 1. The van der Waals surface area contributed by atoms with Gasteiger partial charge in [-0.2, -0.15) is 0 Å². The minimum absolute atomic E-state index is 0.332. The highest BCUT2D eigenvalue weighted by molar-refractivity contribution is 6.33. The molecule has 1 aromatic heterocycles. The van der Waals surface area contributed by atoms with Gasteiger partial charge in [-0.05, 0) is 31.2 Å². The zero-order valence-corrected chi connectivity index (χ0v) is 13.7. The lowest BCUT2D eigenvalue weighted by atomic mass is 10.1. The van der Waals surface area contributed by atoms with Crippen LogP contribution < -0.4 is 5.32 Å². The van der Waals surface area contributed by atoms with E-state index >= 15 is 0 Å². The van der Waals surface area contributed by atoms with Crippen molar-refractivity contribution >= 4 is 34.8 Å². The molecule has 0 aliphatic rings. The van der Waals surface area contributed by atoms with Gasteiger partial charge in [-0.3, -0.25) is 4.79 Å². The van der Waals surface area contributed by atoms with Crippen LogP contribution in [0.25, 0.3) is 11.3 Å². The van der Waals surface area contributed by atoms with Crippen molar-refractivity contribution in [3.63, 3.8) is 0 Å². The number of carbonyl (C=O) groups is 1. The zero-order chi connectivity index (χ0) is 16.4. The number of rotatable bonds is 3. The third-order valence-electron chi connectivity index (χ3n) is 3.30. The van der Waals surface area contributed by atoms with Gasteiger partial charge < -0.3 is 9.84 Å². The molecular weight excluding hydrogens is 335 g/mol. The van der Waals surface area contributed by atoms with Gasteiger partial charge in [0, 0.05) is 16.3 Å². The van der Waals surface area contributed by atoms with E-state index in [-0.39, 0.29) is 5.91 Å². The molecule has 1 amide bonds. The second-order valence-electron chi connectivity index (χ2n) is 4.91. The van der Waals surface area contributed by atoms with Crippen LogP contribution in [0.4, 0.5) is 5.69 Å². The Morgan fingerprint density at radius 1 is 1.13 bits per heavy atom. The Morgan fingerprint density at radius 3 is 2.65 bits per heavy atom. The second kappa shape index (κ2) is 6.44. The van der Waals surface area contributed by atoms with Crippen molar-refractivity contribution in [2.45, 2.75) is 6.92 Å². The quantitative estimate of drug-likeness (QED) is 0.708. The highest BCUT2D eigenvalue weighted by Crippen LogP contribution is 2.31. The third kappa shape index (κ3) is 3.23. The van der Waals surface area contributed by atoms with Gasteiger partial charge in [0.15, 0.2) is 0 Å². The number of hydrogen-bond acceptors (Lipinski definition) is 3. The number of nitrogens with zero attached hydrogens (tertiary/aromatic N) is 1. The Morgan fingerprint density at radius 2 is 1.91 bits per heavy atom. The van der Waals surface area contributed by atoms with E-state index in [9.17, 15) is 4.79 Å². The first kappa shape index (κ1) is 15.6. The summed E-state index contributed by atoms with van der Waals surface area (Å²) in [5.41, 5.74) is 1.99. The molecule has 116 valence electrons. The minimum Gasteiger partial charge on any atom is -0.360 e. The second-order valence-corrected chi connectivity index (χ2v) is 5.75. The van der Waals surface area contributed by atoms with Gasteiger partial charge in [0.05, 0.1) is 5.02 Å². The van der Waals surface area contributed by atoms with E-state index in [1.165, 1.54) is 0 Å². The summed E-state index contributed by atoms with van der Waals surface area (Å²) >= 11 is 12.1. The molecule has 0 fully saturated rings. The van der Waals surface area contributed by atoms with Crippen LogP contribution in [0.15, 0.2) is 53.1 Å². The van der Waals surface area contributed by atoms with E-state index in [4.69, 9.17) is 27.7 Å². The van der Waals surface area contributed by atoms with E-state index in [0.717, 1.165) is 0 Å². The van der Waals surface area contributed by atoms with Crippen LogP contribution >= 0.6 is 23.2 Å². The van der Waals surface area contributed by atoms with E-state index < -0.39 is 0 Å². The molecule has 6 heteroatoms. The SMILES string of the molecule is Cc1onc(-c2ccccc2Cl)c1C(=O)Nc1cccc(Cl)c1. The number of anilines is 1. The highest BCUT2D eigenvalue weighted by Gasteiger charge is 2.23. The number of amides is 1. The summed E-state index contributed by atoms with van der Waals surface area (Å²) in [4.78, 5) is 12.6. The molecular formula is C17H12Cl2N2O2. The molecule has 23 heavy (non-hydrogen) atoms. The van der Waals surface area contributed by atoms with Crippen molar-refractivity contribution in [2.75, 3.05) is 5.32 Å². The molecule has 2 aromatic carbocycles. The molecule has 3 aromatic rings. The van der Waals surface area contributed by atoms with Crippen molar-refractivity contribution in [3.8, 4) is 11.3 Å². The van der Waals surface area contributed by atoms with Crippen molar-refractivity contribution in [1.82, 2.24) is 5.16 Å². The molecule has 4 nitrogen and oxygen atoms in total. The summed E-state index contributed by atoms with van der Waals surface area (Å²) in [5, 5.41) is 7.81. The Labute approximate surface area is 143 Å². The van der Waals surface area contributed by atoms with Crippen LogP contribution in [0.2, 0.25) is 10.0 Å². The molecule has 0 saturated heterocycles. The maximum absolute atomic E-state index is 12.6. The number of carbonyl (C=O) groups excluding carboxylic acids is 1. The van der Waals surface area contributed by atoms with Crippen molar-refractivity contribution in [2.24, 2.45) is 0 Å². The van der Waals surface area contributed by atoms with Crippen LogP contribution in [-0.2, 0) is 0 Å². The fraction of sp³-hybridized carbons (Fsp3) is 0.0588. The summed E-state index contributed by atoms with van der Waals surface area (Å²) in [6, 6.07) is 14.1. The largest absolute Gasteiger partial charge is 0.360 e. The summed E-state index contributed by atoms with van der Waals surface area (Å²) in [6.45, 7) is 1.68. The number of hydrogen-bond donors (Lipinski definition) is 1. The minimum atomic E-state index is -0.332. The molecule has 3 rings (SSSR count). The standard InChI is InChI=1S/C17H12Cl2N2O2/c1-10-15(17(22)20-12-6-4-5-11(18)9-12)16(21-23-10)13-7-2-3-8-14(13)19/h2-9H,1H3,(H,20,22). The van der Waals surface area contributed by atoms with Crippen LogP contribution in [0.1, 0.15) is 16.1 Å². The number of aryl methyl sites for hydroxylation is 1. The number of benzene rings is 2. The van der Waals surface area contributed by atoms with E-state index in [0.29, 0.717) is 38.3 Å². The predicted molar refractivity (Wildman–Crippen MR) is 91.1 cm³/mol. The maximum Gasteiger partial charge on any atom is 0.261 e. The first-order chi connectivity index (χ1) is 11.1. The third-order valence-corrected chi connectivity index (χ3v) is 3.87. The van der Waals surface area contributed by atoms with Gasteiger partial charge in [0.2, 0.25) is 0 Å². The van der Waals surface area contributed by atoms with E-state index in [1.54, 1.807) is 43.3 Å². The van der Waals surface area contributed by atoms with Crippen LogP contribution in [-0.4, -0.2) is 11.1 Å². The van der Waals surface area contributed by atoms with Gasteiger partial charge >= 0.3 is 0 Å². The summed E-state index contributed by atoms with van der Waals surface area (Å²) in [6.07, 6.45) is 0. The molecule has 0 unspecified atom stereocenters. The summed E-state index contributed by atoms with van der Waals surface area (Å²) in [7, 11) is 0. The van der Waals surface area contributed by atoms with Crippen molar-refractivity contribution in [3.05, 3.63) is 69.9 Å². The Balaban J connectivity index is 1.99. The van der Waals surface area contributed by atoms with Crippen LogP contribution in [0.3, 0.4) is 0 Å².